The van der Waals surface area contributed by atoms with E-state index in [1.165, 1.54) is 12.1 Å². The van der Waals surface area contributed by atoms with Gasteiger partial charge in [0.15, 0.2) is 5.96 Å². The number of thioether (sulfide) groups is 1. The molecular formula is C22H31FIN5OS. The number of aliphatic imine (C=N–C) groups is 1. The van der Waals surface area contributed by atoms with E-state index in [0.717, 1.165) is 42.3 Å². The highest BCUT2D eigenvalue weighted by Crippen LogP contribution is 2.18. The van der Waals surface area contributed by atoms with Crippen molar-refractivity contribution in [3.63, 3.8) is 0 Å². The topological polar surface area (TPSA) is 69.6 Å². The fraction of sp³-hybridized carbons (Fsp3) is 0.409. The van der Waals surface area contributed by atoms with Crippen molar-refractivity contribution in [2.75, 3.05) is 39.0 Å². The molecule has 1 aromatic carbocycles. The summed E-state index contributed by atoms with van der Waals surface area (Å²) >= 11 is 1.69. The van der Waals surface area contributed by atoms with E-state index < -0.39 is 0 Å². The van der Waals surface area contributed by atoms with Crippen LogP contribution < -0.4 is 10.6 Å². The lowest BCUT2D eigenvalue weighted by molar-refractivity contribution is -0.128. The van der Waals surface area contributed by atoms with Crippen LogP contribution in [0.25, 0.3) is 0 Å². The van der Waals surface area contributed by atoms with Gasteiger partial charge in [-0.15, -0.1) is 35.7 Å². The number of nitrogens with zero attached hydrogens (tertiary/aromatic N) is 3. The van der Waals surface area contributed by atoms with E-state index >= 15 is 0 Å². The molecule has 170 valence electrons. The standard InChI is InChI=1S/C22H30FN5OS.HI/c1-3-24-22(26-14-6-16-30-20-10-8-18(23)9-11-20)27-17-21(29)28(2)15-12-19-7-4-5-13-25-19;/h4-5,7-11,13H,3,6,12,14-17H2,1-2H3,(H2,24,26,27);1H. The Balaban J connectivity index is 0.00000480. The van der Waals surface area contributed by atoms with Gasteiger partial charge in [0.2, 0.25) is 5.91 Å². The Bertz CT molecular complexity index is 792. The molecule has 0 unspecified atom stereocenters. The summed E-state index contributed by atoms with van der Waals surface area (Å²) in [5.41, 5.74) is 0.967. The third-order valence-corrected chi connectivity index (χ3v) is 5.37. The van der Waals surface area contributed by atoms with E-state index in [4.69, 9.17) is 0 Å². The number of guanidine groups is 1. The molecule has 2 rings (SSSR count). The Labute approximate surface area is 205 Å². The summed E-state index contributed by atoms with van der Waals surface area (Å²) in [5, 5.41) is 6.41. The molecule has 31 heavy (non-hydrogen) atoms. The van der Waals surface area contributed by atoms with Gasteiger partial charge in [-0.05, 0) is 55.5 Å². The first-order chi connectivity index (χ1) is 14.6. The number of nitrogens with one attached hydrogen (secondary N) is 2. The Hall–Kier alpha value is -1.88. The van der Waals surface area contributed by atoms with Crippen LogP contribution in [0.5, 0.6) is 0 Å². The molecule has 0 aliphatic rings. The predicted octanol–water partition coefficient (Wildman–Crippen LogP) is 3.58. The van der Waals surface area contributed by atoms with Gasteiger partial charge in [0.1, 0.15) is 12.4 Å². The van der Waals surface area contributed by atoms with E-state index in [-0.39, 0.29) is 42.2 Å². The lowest BCUT2D eigenvalue weighted by Crippen LogP contribution is -2.39. The zero-order valence-corrected chi connectivity index (χ0v) is 21.2. The van der Waals surface area contributed by atoms with E-state index in [2.05, 4.69) is 20.6 Å². The first-order valence-electron chi connectivity index (χ1n) is 10.1. The van der Waals surface area contributed by atoms with Crippen LogP contribution in [0.15, 0.2) is 58.5 Å². The van der Waals surface area contributed by atoms with Crippen LogP contribution in [-0.2, 0) is 11.2 Å². The zero-order chi connectivity index (χ0) is 21.6. The number of likely N-dealkylation sites (N-methyl/N-ethyl adjacent to an activating group) is 1. The fourth-order valence-electron chi connectivity index (χ4n) is 2.56. The number of aromatic nitrogens is 1. The smallest absolute Gasteiger partial charge is 0.244 e. The zero-order valence-electron chi connectivity index (χ0n) is 18.0. The molecule has 0 atom stereocenters. The molecule has 1 heterocycles. The molecule has 2 N–H and O–H groups in total. The second kappa shape index (κ2) is 15.9. The number of carbonyl (C=O) groups excluding carboxylic acids is 1. The van der Waals surface area contributed by atoms with Crippen molar-refractivity contribution in [3.8, 4) is 0 Å². The van der Waals surface area contributed by atoms with Gasteiger partial charge in [0.25, 0.3) is 0 Å². The monoisotopic (exact) mass is 559 g/mol. The average Bonchev–Trinajstić information content (AvgIpc) is 2.77. The van der Waals surface area contributed by atoms with Gasteiger partial charge >= 0.3 is 0 Å². The fourth-order valence-corrected chi connectivity index (χ4v) is 3.41. The highest BCUT2D eigenvalue weighted by molar-refractivity contribution is 14.0. The minimum Gasteiger partial charge on any atom is -0.357 e. The molecule has 0 saturated carbocycles. The number of halogens is 2. The summed E-state index contributed by atoms with van der Waals surface area (Å²) in [6.07, 6.45) is 3.40. The molecule has 0 radical (unpaired) electrons. The average molecular weight is 559 g/mol. The van der Waals surface area contributed by atoms with Crippen LogP contribution in [0.1, 0.15) is 19.0 Å². The molecule has 1 aromatic heterocycles. The second-order valence-electron chi connectivity index (χ2n) is 6.66. The van der Waals surface area contributed by atoms with E-state index in [1.54, 1.807) is 42.0 Å². The van der Waals surface area contributed by atoms with E-state index in [9.17, 15) is 9.18 Å². The number of hydrogen-bond donors (Lipinski definition) is 2. The maximum absolute atomic E-state index is 12.9. The van der Waals surface area contributed by atoms with Crippen LogP contribution in [0.3, 0.4) is 0 Å². The van der Waals surface area contributed by atoms with Crippen molar-refractivity contribution in [3.05, 3.63) is 60.2 Å². The molecule has 9 heteroatoms. The number of pyridine rings is 1. The van der Waals surface area contributed by atoms with Crippen molar-refractivity contribution in [1.82, 2.24) is 20.5 Å². The normalized spacial score (nSPS) is 10.9. The number of amides is 1. The van der Waals surface area contributed by atoms with E-state index in [1.807, 2.05) is 25.1 Å². The maximum atomic E-state index is 12.9. The number of carbonyl (C=O) groups is 1. The van der Waals surface area contributed by atoms with Gasteiger partial charge in [-0.25, -0.2) is 9.38 Å². The Morgan fingerprint density at radius 3 is 2.65 bits per heavy atom. The van der Waals surface area contributed by atoms with Gasteiger partial charge in [0.05, 0.1) is 0 Å². The highest BCUT2D eigenvalue weighted by Gasteiger charge is 2.09. The van der Waals surface area contributed by atoms with Crippen LogP contribution in [-0.4, -0.2) is 60.7 Å². The van der Waals surface area contributed by atoms with Crippen molar-refractivity contribution in [2.45, 2.75) is 24.7 Å². The summed E-state index contributed by atoms with van der Waals surface area (Å²) in [4.78, 5) is 23.7. The lowest BCUT2D eigenvalue weighted by atomic mass is 10.2. The number of benzene rings is 1. The quantitative estimate of drug-likeness (QED) is 0.145. The Morgan fingerprint density at radius 1 is 1.19 bits per heavy atom. The molecule has 1 amide bonds. The first kappa shape index (κ1) is 27.2. The van der Waals surface area contributed by atoms with Gasteiger partial charge < -0.3 is 15.5 Å². The van der Waals surface area contributed by atoms with Crippen LogP contribution >= 0.6 is 35.7 Å². The van der Waals surface area contributed by atoms with Crippen molar-refractivity contribution < 1.29 is 9.18 Å². The molecule has 6 nitrogen and oxygen atoms in total. The van der Waals surface area contributed by atoms with Gasteiger partial charge in [-0.2, -0.15) is 0 Å². The van der Waals surface area contributed by atoms with Gasteiger partial charge in [0, 0.05) is 49.9 Å². The highest BCUT2D eigenvalue weighted by atomic mass is 127. The molecule has 2 aromatic rings. The van der Waals surface area contributed by atoms with Crippen molar-refractivity contribution in [2.24, 2.45) is 4.99 Å². The van der Waals surface area contributed by atoms with Gasteiger partial charge in [-0.1, -0.05) is 6.07 Å². The molecule has 0 aliphatic carbocycles. The maximum Gasteiger partial charge on any atom is 0.244 e. The van der Waals surface area contributed by atoms with Crippen molar-refractivity contribution in [1.29, 1.82) is 0 Å². The molecule has 0 spiro atoms. The third kappa shape index (κ3) is 11.3. The molecule has 0 bridgehead atoms. The second-order valence-corrected chi connectivity index (χ2v) is 7.83. The largest absolute Gasteiger partial charge is 0.357 e. The van der Waals surface area contributed by atoms with Gasteiger partial charge in [-0.3, -0.25) is 9.78 Å². The van der Waals surface area contributed by atoms with Crippen LogP contribution in [0.4, 0.5) is 4.39 Å². The van der Waals surface area contributed by atoms with E-state index in [0.29, 0.717) is 12.5 Å². The summed E-state index contributed by atoms with van der Waals surface area (Å²) in [6.45, 7) is 4.15. The summed E-state index contributed by atoms with van der Waals surface area (Å²) in [6, 6.07) is 12.3. The number of hydrogen-bond acceptors (Lipinski definition) is 4. The number of rotatable bonds is 11. The molecule has 0 saturated heterocycles. The molecular weight excluding hydrogens is 528 g/mol. The summed E-state index contributed by atoms with van der Waals surface area (Å²) in [7, 11) is 1.79. The minimum atomic E-state index is -0.218. The Kier molecular flexibility index (Phi) is 13.9. The minimum absolute atomic E-state index is 0. The summed E-state index contributed by atoms with van der Waals surface area (Å²) in [5.74, 6) is 1.29. The SMILES string of the molecule is CCNC(=NCC(=O)N(C)CCc1ccccn1)NCCCSc1ccc(F)cc1.I. The molecule has 0 fully saturated rings. The lowest BCUT2D eigenvalue weighted by Gasteiger charge is -2.16. The van der Waals surface area contributed by atoms with Crippen molar-refractivity contribution >= 4 is 47.6 Å². The Morgan fingerprint density at radius 2 is 1.97 bits per heavy atom. The predicted molar refractivity (Wildman–Crippen MR) is 137 cm³/mol. The van der Waals surface area contributed by atoms with Crippen LogP contribution in [0.2, 0.25) is 0 Å². The first-order valence-corrected chi connectivity index (χ1v) is 11.1. The molecule has 0 aliphatic heterocycles. The summed E-state index contributed by atoms with van der Waals surface area (Å²) < 4.78 is 12.9. The van der Waals surface area contributed by atoms with Crippen LogP contribution in [0, 0.1) is 5.82 Å². The third-order valence-electron chi connectivity index (χ3n) is 4.27.